The molecule has 1 aromatic heterocycles. The molecule has 0 aliphatic carbocycles. The molecule has 0 bridgehead atoms. The van der Waals surface area contributed by atoms with Crippen LogP contribution < -0.4 is 10.5 Å². The highest BCUT2D eigenvalue weighted by Crippen LogP contribution is 2.27. The van der Waals surface area contributed by atoms with Crippen molar-refractivity contribution in [3.63, 3.8) is 0 Å². The van der Waals surface area contributed by atoms with E-state index in [9.17, 15) is 13.6 Å². The van der Waals surface area contributed by atoms with Crippen molar-refractivity contribution in [3.05, 3.63) is 23.0 Å². The Morgan fingerprint density at radius 2 is 2.21 bits per heavy atom. The molecule has 0 atom stereocenters. The standard InChI is InChI=1S/C12H16F2N2O3/c1-3-19-10(17)5-8-11(18-2)7(6-15)4-9(16-8)12(13)14/h4,12H,3,5-6,15H2,1-2H3. The molecule has 1 aromatic rings. The quantitative estimate of drug-likeness (QED) is 0.797. The van der Waals surface area contributed by atoms with Crippen LogP contribution in [0.5, 0.6) is 5.75 Å². The minimum absolute atomic E-state index is 0.0151. The van der Waals surface area contributed by atoms with Gasteiger partial charge in [-0.05, 0) is 13.0 Å². The SMILES string of the molecule is CCOC(=O)Cc1nc(C(F)F)cc(CN)c1OC. The van der Waals surface area contributed by atoms with E-state index in [1.807, 2.05) is 0 Å². The number of alkyl halides is 2. The number of pyridine rings is 1. The van der Waals surface area contributed by atoms with Crippen molar-refractivity contribution >= 4 is 5.97 Å². The van der Waals surface area contributed by atoms with Gasteiger partial charge in [0.1, 0.15) is 11.4 Å². The number of carbonyl (C=O) groups excluding carboxylic acids is 1. The smallest absolute Gasteiger partial charge is 0.312 e. The summed E-state index contributed by atoms with van der Waals surface area (Å²) in [6.45, 7) is 1.88. The van der Waals surface area contributed by atoms with Crippen LogP contribution in [0.15, 0.2) is 6.07 Å². The lowest BCUT2D eigenvalue weighted by Gasteiger charge is -2.13. The summed E-state index contributed by atoms with van der Waals surface area (Å²) in [6, 6.07) is 1.18. The normalized spacial score (nSPS) is 10.6. The van der Waals surface area contributed by atoms with Gasteiger partial charge in [0.25, 0.3) is 6.43 Å². The lowest BCUT2D eigenvalue weighted by atomic mass is 10.1. The molecule has 0 spiro atoms. The van der Waals surface area contributed by atoms with Gasteiger partial charge in [-0.25, -0.2) is 13.8 Å². The maximum Gasteiger partial charge on any atom is 0.312 e. The Morgan fingerprint density at radius 1 is 1.53 bits per heavy atom. The van der Waals surface area contributed by atoms with Crippen LogP contribution >= 0.6 is 0 Å². The molecule has 19 heavy (non-hydrogen) atoms. The van der Waals surface area contributed by atoms with Gasteiger partial charge in [0.2, 0.25) is 0 Å². The third-order valence-electron chi connectivity index (χ3n) is 2.40. The first-order valence-corrected chi connectivity index (χ1v) is 5.73. The van der Waals surface area contributed by atoms with Crippen molar-refractivity contribution in [1.82, 2.24) is 4.98 Å². The maximum atomic E-state index is 12.7. The molecule has 0 saturated carbocycles. The summed E-state index contributed by atoms with van der Waals surface area (Å²) in [5.74, 6) is -0.303. The first-order chi connectivity index (χ1) is 9.03. The monoisotopic (exact) mass is 274 g/mol. The van der Waals surface area contributed by atoms with Gasteiger partial charge in [-0.3, -0.25) is 4.79 Å². The van der Waals surface area contributed by atoms with Gasteiger partial charge in [0, 0.05) is 12.1 Å². The number of halogens is 2. The molecule has 0 aliphatic rings. The Bertz CT molecular complexity index is 453. The van der Waals surface area contributed by atoms with Gasteiger partial charge < -0.3 is 15.2 Å². The van der Waals surface area contributed by atoms with E-state index >= 15 is 0 Å². The molecule has 0 aliphatic heterocycles. The lowest BCUT2D eigenvalue weighted by molar-refractivity contribution is -0.142. The Hall–Kier alpha value is -1.76. The molecule has 0 unspecified atom stereocenters. The lowest BCUT2D eigenvalue weighted by Crippen LogP contribution is -2.13. The topological polar surface area (TPSA) is 74.4 Å². The van der Waals surface area contributed by atoms with Crippen LogP contribution in [0.4, 0.5) is 8.78 Å². The number of methoxy groups -OCH3 is 1. The van der Waals surface area contributed by atoms with Gasteiger partial charge >= 0.3 is 5.97 Å². The first-order valence-electron chi connectivity index (χ1n) is 5.73. The third-order valence-corrected chi connectivity index (χ3v) is 2.40. The first kappa shape index (κ1) is 15.3. The fourth-order valence-electron chi connectivity index (χ4n) is 1.65. The second-order valence-corrected chi connectivity index (χ2v) is 3.67. The van der Waals surface area contributed by atoms with Crippen molar-refractivity contribution < 1.29 is 23.0 Å². The molecule has 1 rings (SSSR count). The molecule has 0 radical (unpaired) electrons. The third kappa shape index (κ3) is 3.85. The van der Waals surface area contributed by atoms with Crippen LogP contribution in [0.1, 0.15) is 30.3 Å². The zero-order valence-corrected chi connectivity index (χ0v) is 10.8. The second-order valence-electron chi connectivity index (χ2n) is 3.67. The largest absolute Gasteiger partial charge is 0.494 e. The van der Waals surface area contributed by atoms with Crippen molar-refractivity contribution in [2.45, 2.75) is 26.3 Å². The van der Waals surface area contributed by atoms with Crippen molar-refractivity contribution in [3.8, 4) is 5.75 Å². The van der Waals surface area contributed by atoms with Gasteiger partial charge in [-0.2, -0.15) is 0 Å². The highest BCUT2D eigenvalue weighted by molar-refractivity contribution is 5.73. The minimum atomic E-state index is -2.74. The Morgan fingerprint density at radius 3 is 2.68 bits per heavy atom. The summed E-state index contributed by atoms with van der Waals surface area (Å²) < 4.78 is 35.3. The molecule has 0 fully saturated rings. The number of esters is 1. The van der Waals surface area contributed by atoms with E-state index in [-0.39, 0.29) is 31.0 Å². The maximum absolute atomic E-state index is 12.7. The van der Waals surface area contributed by atoms with Gasteiger partial charge in [0.15, 0.2) is 0 Å². The molecular weight excluding hydrogens is 258 g/mol. The van der Waals surface area contributed by atoms with E-state index in [1.54, 1.807) is 6.92 Å². The summed E-state index contributed by atoms with van der Waals surface area (Å²) in [5, 5.41) is 0. The predicted octanol–water partition coefficient (Wildman–Crippen LogP) is 1.59. The summed E-state index contributed by atoms with van der Waals surface area (Å²) in [6.07, 6.45) is -2.97. The molecule has 7 heteroatoms. The van der Waals surface area contributed by atoms with Crippen LogP contribution in [0.3, 0.4) is 0 Å². The van der Waals surface area contributed by atoms with E-state index in [0.29, 0.717) is 5.56 Å². The van der Waals surface area contributed by atoms with Crippen LogP contribution in [-0.4, -0.2) is 24.7 Å². The fourth-order valence-corrected chi connectivity index (χ4v) is 1.65. The number of ether oxygens (including phenoxy) is 2. The highest BCUT2D eigenvalue weighted by Gasteiger charge is 2.19. The second kappa shape index (κ2) is 6.98. The molecule has 1 heterocycles. The number of hydrogen-bond donors (Lipinski definition) is 1. The summed E-state index contributed by atoms with van der Waals surface area (Å²) in [7, 11) is 1.37. The fraction of sp³-hybridized carbons (Fsp3) is 0.500. The molecule has 5 nitrogen and oxygen atoms in total. The molecule has 0 saturated heterocycles. The van der Waals surface area contributed by atoms with Crippen LogP contribution in [0, 0.1) is 0 Å². The van der Waals surface area contributed by atoms with Gasteiger partial charge in [0.05, 0.1) is 25.8 Å². The van der Waals surface area contributed by atoms with Crippen LogP contribution in [0.25, 0.3) is 0 Å². The molecule has 106 valence electrons. The molecule has 2 N–H and O–H groups in total. The van der Waals surface area contributed by atoms with E-state index < -0.39 is 18.1 Å². The summed E-state index contributed by atoms with van der Waals surface area (Å²) in [4.78, 5) is 15.2. The van der Waals surface area contributed by atoms with E-state index in [4.69, 9.17) is 15.2 Å². The minimum Gasteiger partial charge on any atom is -0.494 e. The zero-order chi connectivity index (χ0) is 14.4. The molecule has 0 amide bonds. The number of aromatic nitrogens is 1. The van der Waals surface area contributed by atoms with Crippen LogP contribution in [0.2, 0.25) is 0 Å². The van der Waals surface area contributed by atoms with E-state index in [2.05, 4.69) is 4.98 Å². The predicted molar refractivity (Wildman–Crippen MR) is 64.0 cm³/mol. The number of nitrogens with zero attached hydrogens (tertiary/aromatic N) is 1. The zero-order valence-electron chi connectivity index (χ0n) is 10.8. The van der Waals surface area contributed by atoms with Crippen LogP contribution in [-0.2, 0) is 22.5 Å². The van der Waals surface area contributed by atoms with Gasteiger partial charge in [-0.15, -0.1) is 0 Å². The van der Waals surface area contributed by atoms with Gasteiger partial charge in [-0.1, -0.05) is 0 Å². The number of hydrogen-bond acceptors (Lipinski definition) is 5. The van der Waals surface area contributed by atoms with E-state index in [1.165, 1.54) is 13.2 Å². The van der Waals surface area contributed by atoms with Crippen molar-refractivity contribution in [1.29, 1.82) is 0 Å². The average molecular weight is 274 g/mol. The molecule has 0 aromatic carbocycles. The Kier molecular flexibility index (Phi) is 5.62. The number of nitrogens with two attached hydrogens (primary N) is 1. The summed E-state index contributed by atoms with van der Waals surface area (Å²) in [5.41, 5.74) is 5.55. The average Bonchev–Trinajstić information content (AvgIpc) is 2.37. The summed E-state index contributed by atoms with van der Waals surface area (Å²) >= 11 is 0. The van der Waals surface area contributed by atoms with Crippen molar-refractivity contribution in [2.75, 3.05) is 13.7 Å². The van der Waals surface area contributed by atoms with Crippen molar-refractivity contribution in [2.24, 2.45) is 5.73 Å². The number of rotatable bonds is 6. The highest BCUT2D eigenvalue weighted by atomic mass is 19.3. The number of carbonyl (C=O) groups is 1. The molecular formula is C12H16F2N2O3. The Labute approximate surface area is 109 Å². The van der Waals surface area contributed by atoms with E-state index in [0.717, 1.165) is 0 Å². The Balaban J connectivity index is 3.18.